The fraction of sp³-hybridized carbons (Fsp3) is 0.588. The monoisotopic (exact) mass is 304 g/mol. The number of nitrogens with zero attached hydrogens (tertiary/aromatic N) is 2. The molecule has 0 bridgehead atoms. The Bertz CT molecular complexity index is 545. The van der Waals surface area contributed by atoms with E-state index < -0.39 is 0 Å². The summed E-state index contributed by atoms with van der Waals surface area (Å²) in [5, 5.41) is 0. The molecule has 1 aromatic carbocycles. The lowest BCUT2D eigenvalue weighted by molar-refractivity contribution is -0.129. The lowest BCUT2D eigenvalue weighted by atomic mass is 10.0. The van der Waals surface area contributed by atoms with E-state index in [1.54, 1.807) is 4.90 Å². The molecule has 0 saturated carbocycles. The maximum Gasteiger partial charge on any atom is 0.223 e. The molecular weight excluding hydrogens is 280 g/mol. The van der Waals surface area contributed by atoms with E-state index in [1.807, 2.05) is 20.2 Å². The number of ether oxygens (including phenoxy) is 2. The molecule has 22 heavy (non-hydrogen) atoms. The largest absolute Gasteiger partial charge is 0.486 e. The van der Waals surface area contributed by atoms with Crippen molar-refractivity contribution in [1.82, 2.24) is 9.80 Å². The number of hydrogen-bond donors (Lipinski definition) is 0. The molecule has 2 aliphatic heterocycles. The van der Waals surface area contributed by atoms with Crippen molar-refractivity contribution in [2.75, 3.05) is 40.4 Å². The molecule has 2 heterocycles. The molecule has 1 amide bonds. The summed E-state index contributed by atoms with van der Waals surface area (Å²) in [6.45, 7) is 3.10. The second-order valence-electron chi connectivity index (χ2n) is 6.14. The van der Waals surface area contributed by atoms with Gasteiger partial charge in [0.1, 0.15) is 13.2 Å². The first-order valence-corrected chi connectivity index (χ1v) is 7.99. The standard InChI is InChI=1S/C17H24N2O3/c1-18(2)17(20)7-9-19-8-3-4-14(19)13-5-6-15-16(12-13)22-11-10-21-15/h5-6,12,14H,3-4,7-11H2,1-2H3/t14-/m0/s1. The summed E-state index contributed by atoms with van der Waals surface area (Å²) in [5.74, 6) is 1.87. The number of benzene rings is 1. The number of amides is 1. The first-order chi connectivity index (χ1) is 10.6. The van der Waals surface area contributed by atoms with Gasteiger partial charge in [-0.05, 0) is 37.1 Å². The Balaban J connectivity index is 1.69. The Kier molecular flexibility index (Phi) is 4.52. The van der Waals surface area contributed by atoms with Crippen LogP contribution in [-0.2, 0) is 4.79 Å². The highest BCUT2D eigenvalue weighted by atomic mass is 16.6. The van der Waals surface area contributed by atoms with Gasteiger partial charge in [0.25, 0.3) is 0 Å². The number of fused-ring (bicyclic) bond motifs is 1. The summed E-state index contributed by atoms with van der Waals surface area (Å²) in [5.41, 5.74) is 1.26. The first kappa shape index (κ1) is 15.2. The highest BCUT2D eigenvalue weighted by molar-refractivity contribution is 5.75. The zero-order valence-electron chi connectivity index (χ0n) is 13.4. The lowest BCUT2D eigenvalue weighted by Gasteiger charge is -2.26. The van der Waals surface area contributed by atoms with E-state index in [9.17, 15) is 4.79 Å². The van der Waals surface area contributed by atoms with Gasteiger partial charge in [0.05, 0.1) is 0 Å². The third kappa shape index (κ3) is 3.19. The third-order valence-corrected chi connectivity index (χ3v) is 4.43. The van der Waals surface area contributed by atoms with Crippen LogP contribution in [0.1, 0.15) is 30.9 Å². The van der Waals surface area contributed by atoms with E-state index >= 15 is 0 Å². The van der Waals surface area contributed by atoms with E-state index in [-0.39, 0.29) is 5.91 Å². The van der Waals surface area contributed by atoms with Crippen molar-refractivity contribution < 1.29 is 14.3 Å². The molecule has 0 aliphatic carbocycles. The van der Waals surface area contributed by atoms with Gasteiger partial charge in [-0.3, -0.25) is 9.69 Å². The fourth-order valence-corrected chi connectivity index (χ4v) is 3.20. The number of carbonyl (C=O) groups is 1. The van der Waals surface area contributed by atoms with E-state index in [1.165, 1.54) is 12.0 Å². The molecule has 0 N–H and O–H groups in total. The Morgan fingerprint density at radius 1 is 1.27 bits per heavy atom. The van der Waals surface area contributed by atoms with Crippen molar-refractivity contribution >= 4 is 5.91 Å². The van der Waals surface area contributed by atoms with Crippen molar-refractivity contribution in [3.8, 4) is 11.5 Å². The average molecular weight is 304 g/mol. The quantitative estimate of drug-likeness (QED) is 0.854. The molecule has 5 nitrogen and oxygen atoms in total. The van der Waals surface area contributed by atoms with Crippen LogP contribution in [0.15, 0.2) is 18.2 Å². The Hall–Kier alpha value is -1.75. The van der Waals surface area contributed by atoms with Crippen LogP contribution in [0.2, 0.25) is 0 Å². The zero-order valence-corrected chi connectivity index (χ0v) is 13.4. The predicted octanol–water partition coefficient (Wildman–Crippen LogP) is 2.07. The number of carbonyl (C=O) groups excluding carboxylic acids is 1. The number of hydrogen-bond acceptors (Lipinski definition) is 4. The van der Waals surface area contributed by atoms with Crippen molar-refractivity contribution in [1.29, 1.82) is 0 Å². The van der Waals surface area contributed by atoms with Crippen molar-refractivity contribution in [3.05, 3.63) is 23.8 Å². The van der Waals surface area contributed by atoms with Crippen LogP contribution in [0.5, 0.6) is 11.5 Å². The highest BCUT2D eigenvalue weighted by Crippen LogP contribution is 2.37. The molecule has 1 atom stereocenters. The minimum Gasteiger partial charge on any atom is -0.486 e. The van der Waals surface area contributed by atoms with Crippen molar-refractivity contribution in [2.24, 2.45) is 0 Å². The molecule has 1 fully saturated rings. The van der Waals surface area contributed by atoms with Gasteiger partial charge in [-0.15, -0.1) is 0 Å². The van der Waals surface area contributed by atoms with E-state index in [0.717, 1.165) is 31.0 Å². The van der Waals surface area contributed by atoms with Gasteiger partial charge in [-0.25, -0.2) is 0 Å². The highest BCUT2D eigenvalue weighted by Gasteiger charge is 2.27. The van der Waals surface area contributed by atoms with Crippen LogP contribution in [0.3, 0.4) is 0 Å². The second-order valence-corrected chi connectivity index (χ2v) is 6.14. The maximum atomic E-state index is 11.8. The minimum absolute atomic E-state index is 0.188. The predicted molar refractivity (Wildman–Crippen MR) is 84.3 cm³/mol. The molecule has 120 valence electrons. The summed E-state index contributed by atoms with van der Waals surface area (Å²) >= 11 is 0. The smallest absolute Gasteiger partial charge is 0.223 e. The molecule has 0 radical (unpaired) electrons. The Morgan fingerprint density at radius 3 is 2.82 bits per heavy atom. The molecule has 5 heteroatoms. The van der Waals surface area contributed by atoms with Crippen LogP contribution < -0.4 is 9.47 Å². The SMILES string of the molecule is CN(C)C(=O)CCN1CCC[C@H]1c1ccc2c(c1)OCCO2. The van der Waals surface area contributed by atoms with Crippen LogP contribution in [0.25, 0.3) is 0 Å². The summed E-state index contributed by atoms with van der Waals surface area (Å²) in [6, 6.07) is 6.62. The lowest BCUT2D eigenvalue weighted by Crippen LogP contribution is -2.30. The average Bonchev–Trinajstić information content (AvgIpc) is 3.00. The second kappa shape index (κ2) is 6.57. The first-order valence-electron chi connectivity index (χ1n) is 7.99. The molecule has 0 spiro atoms. The number of rotatable bonds is 4. The van der Waals surface area contributed by atoms with Gasteiger partial charge >= 0.3 is 0 Å². The summed E-state index contributed by atoms with van der Waals surface area (Å²) in [7, 11) is 3.62. The molecular formula is C17H24N2O3. The molecule has 2 aliphatic rings. The van der Waals surface area contributed by atoms with Gasteiger partial charge in [-0.1, -0.05) is 6.07 Å². The fourth-order valence-electron chi connectivity index (χ4n) is 3.20. The van der Waals surface area contributed by atoms with Gasteiger partial charge in [0, 0.05) is 33.1 Å². The molecule has 3 rings (SSSR count). The van der Waals surface area contributed by atoms with Crippen LogP contribution in [0, 0.1) is 0 Å². The molecule has 1 saturated heterocycles. The topological polar surface area (TPSA) is 42.0 Å². The van der Waals surface area contributed by atoms with E-state index in [4.69, 9.17) is 9.47 Å². The van der Waals surface area contributed by atoms with Crippen molar-refractivity contribution in [3.63, 3.8) is 0 Å². The molecule has 1 aromatic rings. The zero-order chi connectivity index (χ0) is 15.5. The maximum absolute atomic E-state index is 11.8. The molecule has 0 unspecified atom stereocenters. The van der Waals surface area contributed by atoms with Gasteiger partial charge in [0.2, 0.25) is 5.91 Å². The van der Waals surface area contributed by atoms with Crippen LogP contribution in [0.4, 0.5) is 0 Å². The van der Waals surface area contributed by atoms with Crippen LogP contribution in [-0.4, -0.2) is 56.1 Å². The van der Waals surface area contributed by atoms with Gasteiger partial charge in [-0.2, -0.15) is 0 Å². The van der Waals surface area contributed by atoms with Gasteiger partial charge in [0.15, 0.2) is 11.5 Å². The Morgan fingerprint density at radius 2 is 2.05 bits per heavy atom. The van der Waals surface area contributed by atoms with Crippen LogP contribution >= 0.6 is 0 Å². The third-order valence-electron chi connectivity index (χ3n) is 4.43. The normalized spacial score (nSPS) is 20.9. The molecule has 0 aromatic heterocycles. The minimum atomic E-state index is 0.188. The summed E-state index contributed by atoms with van der Waals surface area (Å²) < 4.78 is 11.3. The van der Waals surface area contributed by atoms with Gasteiger partial charge < -0.3 is 14.4 Å². The van der Waals surface area contributed by atoms with Crippen molar-refractivity contribution in [2.45, 2.75) is 25.3 Å². The number of likely N-dealkylation sites (tertiary alicyclic amines) is 1. The van der Waals surface area contributed by atoms with E-state index in [2.05, 4.69) is 17.0 Å². The van der Waals surface area contributed by atoms with E-state index in [0.29, 0.717) is 25.7 Å². The summed E-state index contributed by atoms with van der Waals surface area (Å²) in [4.78, 5) is 15.9. The summed E-state index contributed by atoms with van der Waals surface area (Å²) in [6.07, 6.45) is 2.89. The Labute approximate surface area is 131 Å².